The molecule has 1 saturated heterocycles. The lowest BCUT2D eigenvalue weighted by molar-refractivity contribution is -0.128. The standard InChI is InChI=1S/C12H17F2N3O/c1-15-10-6-9(8-7-12(8,13)14)16(2)17(10)5-3-4-11(15)18/h6,8-9H,3-5,7H2,1-2H3. The maximum Gasteiger partial charge on any atom is 0.253 e. The van der Waals surface area contributed by atoms with Crippen LogP contribution in [0.25, 0.3) is 0 Å². The molecule has 3 aliphatic rings. The van der Waals surface area contributed by atoms with Gasteiger partial charge in [0.2, 0.25) is 5.91 Å². The van der Waals surface area contributed by atoms with Crippen LogP contribution >= 0.6 is 0 Å². The number of halogens is 2. The fourth-order valence-electron chi connectivity index (χ4n) is 2.88. The zero-order valence-corrected chi connectivity index (χ0v) is 10.6. The molecule has 0 aromatic rings. The normalized spacial score (nSPS) is 35.3. The first-order valence-electron chi connectivity index (χ1n) is 6.28. The Morgan fingerprint density at radius 1 is 1.39 bits per heavy atom. The molecule has 0 aromatic heterocycles. The minimum absolute atomic E-state index is 0.0444. The molecule has 4 nitrogen and oxygen atoms in total. The monoisotopic (exact) mass is 257 g/mol. The van der Waals surface area contributed by atoms with Gasteiger partial charge in [-0.15, -0.1) is 0 Å². The average molecular weight is 257 g/mol. The second kappa shape index (κ2) is 3.66. The molecule has 2 atom stereocenters. The summed E-state index contributed by atoms with van der Waals surface area (Å²) in [4.78, 5) is 13.4. The van der Waals surface area contributed by atoms with Gasteiger partial charge in [-0.3, -0.25) is 9.80 Å². The molecule has 2 unspecified atom stereocenters. The largest absolute Gasteiger partial charge is 0.301 e. The highest BCUT2D eigenvalue weighted by atomic mass is 19.3. The predicted octanol–water partition coefficient (Wildman–Crippen LogP) is 1.27. The highest BCUT2D eigenvalue weighted by Gasteiger charge is 2.62. The minimum Gasteiger partial charge on any atom is -0.301 e. The molecule has 0 N–H and O–H groups in total. The first-order chi connectivity index (χ1) is 8.42. The molecule has 0 aromatic carbocycles. The number of carbonyl (C=O) groups is 1. The molecule has 18 heavy (non-hydrogen) atoms. The van der Waals surface area contributed by atoms with Crippen LogP contribution in [-0.2, 0) is 4.79 Å². The number of hydrogen-bond acceptors (Lipinski definition) is 3. The van der Waals surface area contributed by atoms with Gasteiger partial charge < -0.3 is 4.90 Å². The van der Waals surface area contributed by atoms with E-state index >= 15 is 0 Å². The summed E-state index contributed by atoms with van der Waals surface area (Å²) in [7, 11) is 3.54. The van der Waals surface area contributed by atoms with Crippen molar-refractivity contribution in [1.29, 1.82) is 0 Å². The van der Waals surface area contributed by atoms with Gasteiger partial charge in [0.15, 0.2) is 0 Å². The van der Waals surface area contributed by atoms with E-state index in [-0.39, 0.29) is 18.4 Å². The molecule has 100 valence electrons. The molecule has 2 heterocycles. The van der Waals surface area contributed by atoms with Crippen molar-refractivity contribution in [1.82, 2.24) is 14.9 Å². The van der Waals surface area contributed by atoms with Crippen molar-refractivity contribution in [2.45, 2.75) is 31.2 Å². The van der Waals surface area contributed by atoms with Gasteiger partial charge in [0.05, 0.1) is 6.04 Å². The van der Waals surface area contributed by atoms with Gasteiger partial charge in [-0.25, -0.2) is 13.8 Å². The van der Waals surface area contributed by atoms with E-state index in [0.29, 0.717) is 13.0 Å². The van der Waals surface area contributed by atoms with Gasteiger partial charge in [-0.05, 0) is 12.5 Å². The first kappa shape index (κ1) is 11.9. The summed E-state index contributed by atoms with van der Waals surface area (Å²) in [5.74, 6) is -2.33. The lowest BCUT2D eigenvalue weighted by Gasteiger charge is -2.33. The number of rotatable bonds is 1. The quantitative estimate of drug-likeness (QED) is 0.707. The summed E-state index contributed by atoms with van der Waals surface area (Å²) in [6.45, 7) is 0.715. The van der Waals surface area contributed by atoms with Crippen LogP contribution < -0.4 is 0 Å². The molecular weight excluding hydrogens is 240 g/mol. The second-order valence-electron chi connectivity index (χ2n) is 5.34. The van der Waals surface area contributed by atoms with Gasteiger partial charge >= 0.3 is 0 Å². The summed E-state index contributed by atoms with van der Waals surface area (Å²) in [5, 5.41) is 3.81. The van der Waals surface area contributed by atoms with Crippen molar-refractivity contribution in [2.75, 3.05) is 20.6 Å². The molecule has 1 aliphatic carbocycles. The molecule has 1 saturated carbocycles. The van der Waals surface area contributed by atoms with E-state index in [2.05, 4.69) is 0 Å². The fourth-order valence-corrected chi connectivity index (χ4v) is 2.88. The maximum atomic E-state index is 13.2. The van der Waals surface area contributed by atoms with E-state index in [1.165, 1.54) is 0 Å². The molecular formula is C12H17F2N3O. The molecule has 2 aliphatic heterocycles. The van der Waals surface area contributed by atoms with E-state index in [9.17, 15) is 13.6 Å². The Hall–Kier alpha value is -1.17. The summed E-state index contributed by atoms with van der Waals surface area (Å²) in [6.07, 6.45) is 3.05. The summed E-state index contributed by atoms with van der Waals surface area (Å²) in [6, 6.07) is -0.289. The van der Waals surface area contributed by atoms with Gasteiger partial charge in [0.25, 0.3) is 5.92 Å². The van der Waals surface area contributed by atoms with E-state index in [4.69, 9.17) is 0 Å². The van der Waals surface area contributed by atoms with E-state index in [0.717, 1.165) is 12.2 Å². The number of likely N-dealkylation sites (N-methyl/N-ethyl adjacent to an activating group) is 1. The molecule has 1 amide bonds. The number of nitrogens with zero attached hydrogens (tertiary/aromatic N) is 3. The van der Waals surface area contributed by atoms with Gasteiger partial charge in [-0.1, -0.05) is 0 Å². The van der Waals surface area contributed by atoms with Crippen LogP contribution in [-0.4, -0.2) is 53.4 Å². The Morgan fingerprint density at radius 3 is 2.67 bits per heavy atom. The molecule has 0 radical (unpaired) electrons. The lowest BCUT2D eigenvalue weighted by Crippen LogP contribution is -2.43. The Balaban J connectivity index is 1.87. The van der Waals surface area contributed by atoms with Crippen LogP contribution in [0.5, 0.6) is 0 Å². The SMILES string of the molecule is CN1C(=O)CCCN2C1=CC(C1CC1(F)F)N2C. The van der Waals surface area contributed by atoms with E-state index in [1.54, 1.807) is 11.9 Å². The van der Waals surface area contributed by atoms with Crippen LogP contribution in [0.1, 0.15) is 19.3 Å². The Morgan fingerprint density at radius 2 is 2.06 bits per heavy atom. The minimum atomic E-state index is -2.54. The van der Waals surface area contributed by atoms with Gasteiger partial charge in [0, 0.05) is 39.4 Å². The average Bonchev–Trinajstić information content (AvgIpc) is 2.85. The van der Waals surface area contributed by atoms with Crippen LogP contribution in [0.4, 0.5) is 8.78 Å². The van der Waals surface area contributed by atoms with Crippen molar-refractivity contribution in [3.05, 3.63) is 11.9 Å². The Bertz CT molecular complexity index is 424. The third-order valence-electron chi connectivity index (χ3n) is 4.16. The fraction of sp³-hybridized carbons (Fsp3) is 0.750. The number of alkyl halides is 2. The number of hydrogen-bond donors (Lipinski definition) is 0. The molecule has 2 fully saturated rings. The highest BCUT2D eigenvalue weighted by Crippen LogP contribution is 2.53. The smallest absolute Gasteiger partial charge is 0.253 e. The number of fused-ring (bicyclic) bond motifs is 1. The predicted molar refractivity (Wildman–Crippen MR) is 61.4 cm³/mol. The summed E-state index contributed by atoms with van der Waals surface area (Å²) >= 11 is 0. The molecule has 0 bridgehead atoms. The maximum absolute atomic E-state index is 13.2. The molecule has 6 heteroatoms. The van der Waals surface area contributed by atoms with Crippen molar-refractivity contribution in [3.63, 3.8) is 0 Å². The van der Waals surface area contributed by atoms with Crippen molar-refractivity contribution >= 4 is 5.91 Å². The van der Waals surface area contributed by atoms with Crippen LogP contribution in [0.3, 0.4) is 0 Å². The summed E-state index contributed by atoms with van der Waals surface area (Å²) in [5.41, 5.74) is 0. The number of carbonyl (C=O) groups excluding carboxylic acids is 1. The third kappa shape index (κ3) is 1.62. The van der Waals surface area contributed by atoms with Crippen LogP contribution in [0.2, 0.25) is 0 Å². The third-order valence-corrected chi connectivity index (χ3v) is 4.16. The van der Waals surface area contributed by atoms with Crippen LogP contribution in [0, 0.1) is 5.92 Å². The Kier molecular flexibility index (Phi) is 2.42. The highest BCUT2D eigenvalue weighted by molar-refractivity contribution is 5.78. The first-order valence-corrected chi connectivity index (χ1v) is 6.28. The van der Waals surface area contributed by atoms with E-state index < -0.39 is 11.8 Å². The molecule has 3 rings (SSSR count). The van der Waals surface area contributed by atoms with Crippen LogP contribution in [0.15, 0.2) is 11.9 Å². The lowest BCUT2D eigenvalue weighted by atomic mass is 10.2. The van der Waals surface area contributed by atoms with Crippen molar-refractivity contribution < 1.29 is 13.6 Å². The molecule has 0 spiro atoms. The Labute approximate surface area is 105 Å². The zero-order valence-electron chi connectivity index (χ0n) is 10.6. The summed E-state index contributed by atoms with van der Waals surface area (Å²) < 4.78 is 26.4. The zero-order chi connectivity index (χ0) is 13.1. The van der Waals surface area contributed by atoms with Crippen molar-refractivity contribution in [3.8, 4) is 0 Å². The van der Waals surface area contributed by atoms with Gasteiger partial charge in [0.1, 0.15) is 5.82 Å². The topological polar surface area (TPSA) is 26.8 Å². The van der Waals surface area contributed by atoms with Crippen molar-refractivity contribution in [2.24, 2.45) is 5.92 Å². The number of amides is 1. The van der Waals surface area contributed by atoms with Gasteiger partial charge in [-0.2, -0.15) is 0 Å². The van der Waals surface area contributed by atoms with E-state index in [1.807, 2.05) is 23.1 Å². The number of hydrazine groups is 1. The second-order valence-corrected chi connectivity index (χ2v) is 5.34.